The Kier molecular flexibility index (Phi) is 3.17. The molecule has 0 aromatic carbocycles. The third kappa shape index (κ3) is 2.39. The monoisotopic (exact) mass is 210 g/mol. The van der Waals surface area contributed by atoms with Crippen LogP contribution in [0.5, 0.6) is 0 Å². The maximum absolute atomic E-state index is 10.7. The van der Waals surface area contributed by atoms with E-state index in [1.165, 1.54) is 6.20 Å². The number of H-pyrrole nitrogens is 1. The molecule has 15 heavy (non-hydrogen) atoms. The van der Waals surface area contributed by atoms with Crippen LogP contribution in [-0.2, 0) is 4.79 Å². The lowest BCUT2D eigenvalue weighted by atomic mass is 10.2. The van der Waals surface area contributed by atoms with Gasteiger partial charge in [0.2, 0.25) is 0 Å². The van der Waals surface area contributed by atoms with Crippen molar-refractivity contribution in [2.24, 2.45) is 0 Å². The molecule has 7 nitrogen and oxygen atoms in total. The number of aldehydes is 1. The third-order valence-corrected chi connectivity index (χ3v) is 1.61. The zero-order valence-corrected chi connectivity index (χ0v) is 8.30. The third-order valence-electron chi connectivity index (χ3n) is 1.61. The maximum atomic E-state index is 10.7. The summed E-state index contributed by atoms with van der Waals surface area (Å²) in [7, 11) is 3.42. The second-order valence-electron chi connectivity index (χ2n) is 3.04. The van der Waals surface area contributed by atoms with Gasteiger partial charge in [0.15, 0.2) is 12.0 Å². The first-order valence-corrected chi connectivity index (χ1v) is 4.08. The van der Waals surface area contributed by atoms with Crippen molar-refractivity contribution in [3.8, 4) is 0 Å². The average molecular weight is 210 g/mol. The van der Waals surface area contributed by atoms with E-state index in [4.69, 9.17) is 0 Å². The number of nitrogens with one attached hydrogen (secondary N) is 1. The van der Waals surface area contributed by atoms with E-state index >= 15 is 0 Å². The van der Waals surface area contributed by atoms with Gasteiger partial charge in [-0.25, -0.2) is 0 Å². The van der Waals surface area contributed by atoms with Gasteiger partial charge in [0.05, 0.1) is 10.5 Å². The Labute approximate surface area is 85.5 Å². The molecule has 1 N–H and O–H groups in total. The molecule has 80 valence electrons. The molecule has 0 aliphatic rings. The molecule has 0 saturated heterocycles. The van der Waals surface area contributed by atoms with Crippen molar-refractivity contribution >= 4 is 17.5 Å². The van der Waals surface area contributed by atoms with Crippen molar-refractivity contribution in [1.29, 1.82) is 0 Å². The summed E-state index contributed by atoms with van der Waals surface area (Å²) < 4.78 is 0. The Bertz CT molecular complexity index is 408. The van der Waals surface area contributed by atoms with Crippen LogP contribution in [0.3, 0.4) is 0 Å². The van der Waals surface area contributed by atoms with Crippen LogP contribution >= 0.6 is 0 Å². The Balaban J connectivity index is 3.18. The fourth-order valence-electron chi connectivity index (χ4n) is 1.06. The highest BCUT2D eigenvalue weighted by atomic mass is 16.6. The molecular weight excluding hydrogens is 200 g/mol. The number of hydrogen-bond donors (Lipinski definition) is 1. The number of aromatic amines is 1. The Morgan fingerprint density at radius 2 is 2.33 bits per heavy atom. The average Bonchev–Trinajstić information content (AvgIpc) is 2.62. The molecule has 0 aliphatic heterocycles. The summed E-state index contributed by atoms with van der Waals surface area (Å²) in [5.41, 5.74) is -0.00755. The summed E-state index contributed by atoms with van der Waals surface area (Å²) >= 11 is 0. The molecule has 1 aromatic rings. The molecule has 0 amide bonds. The molecule has 0 atom stereocenters. The minimum atomic E-state index is -0.591. The molecular formula is C8H10N4O3. The van der Waals surface area contributed by atoms with Crippen molar-refractivity contribution in [2.75, 3.05) is 14.1 Å². The quantitative estimate of drug-likeness (QED) is 0.336. The number of nitro groups is 1. The second-order valence-corrected chi connectivity index (χ2v) is 3.04. The molecule has 0 unspecified atom stereocenters. The second kappa shape index (κ2) is 4.36. The van der Waals surface area contributed by atoms with Crippen LogP contribution in [0.4, 0.5) is 5.69 Å². The first kappa shape index (κ1) is 10.9. The molecule has 1 aromatic heterocycles. The van der Waals surface area contributed by atoms with Crippen molar-refractivity contribution in [1.82, 2.24) is 15.1 Å². The van der Waals surface area contributed by atoms with Gasteiger partial charge in [-0.05, 0) is 0 Å². The Hall–Kier alpha value is -2.18. The van der Waals surface area contributed by atoms with Gasteiger partial charge in [-0.15, -0.1) is 0 Å². The lowest BCUT2D eigenvalue weighted by Gasteiger charge is -2.04. The molecule has 7 heteroatoms. The first-order valence-electron chi connectivity index (χ1n) is 4.08. The summed E-state index contributed by atoms with van der Waals surface area (Å²) in [6.07, 6.45) is 3.14. The predicted molar refractivity (Wildman–Crippen MR) is 53.0 cm³/mol. The van der Waals surface area contributed by atoms with Gasteiger partial charge in [0.1, 0.15) is 6.20 Å². The van der Waals surface area contributed by atoms with E-state index in [1.807, 2.05) is 0 Å². The van der Waals surface area contributed by atoms with Gasteiger partial charge in [0, 0.05) is 20.3 Å². The lowest BCUT2D eigenvalue weighted by Crippen LogP contribution is -2.04. The van der Waals surface area contributed by atoms with Crippen LogP contribution in [0, 0.1) is 10.1 Å². The molecule has 0 bridgehead atoms. The highest BCUT2D eigenvalue weighted by molar-refractivity contribution is 6.07. The summed E-state index contributed by atoms with van der Waals surface area (Å²) in [4.78, 5) is 22.3. The largest absolute Gasteiger partial charge is 0.383 e. The van der Waals surface area contributed by atoms with Crippen LogP contribution in [0.1, 0.15) is 5.69 Å². The molecule has 1 heterocycles. The number of nitrogens with zero attached hydrogens (tertiary/aromatic N) is 3. The van der Waals surface area contributed by atoms with E-state index in [-0.39, 0.29) is 17.0 Å². The van der Waals surface area contributed by atoms with Crippen LogP contribution in [-0.4, -0.2) is 40.4 Å². The summed E-state index contributed by atoms with van der Waals surface area (Å²) in [5, 5.41) is 16.6. The van der Waals surface area contributed by atoms with E-state index in [0.717, 1.165) is 6.20 Å². The predicted octanol–water partition coefficient (Wildman–Crippen LogP) is 0.419. The minimum absolute atomic E-state index is 0.0451. The minimum Gasteiger partial charge on any atom is -0.383 e. The highest BCUT2D eigenvalue weighted by Gasteiger charge is 2.20. The number of carbonyl (C=O) groups is 1. The van der Waals surface area contributed by atoms with Gasteiger partial charge >= 0.3 is 5.69 Å². The zero-order chi connectivity index (χ0) is 11.4. The van der Waals surface area contributed by atoms with E-state index in [9.17, 15) is 14.9 Å². The zero-order valence-electron chi connectivity index (χ0n) is 8.30. The number of rotatable bonds is 4. The fourth-order valence-corrected chi connectivity index (χ4v) is 1.06. The highest BCUT2D eigenvalue weighted by Crippen LogP contribution is 2.21. The Morgan fingerprint density at radius 3 is 2.80 bits per heavy atom. The Morgan fingerprint density at radius 1 is 1.67 bits per heavy atom. The van der Waals surface area contributed by atoms with Crippen LogP contribution in [0.2, 0.25) is 0 Å². The number of allylic oxidation sites excluding steroid dienone is 1. The van der Waals surface area contributed by atoms with E-state index in [0.29, 0.717) is 6.29 Å². The summed E-state index contributed by atoms with van der Waals surface area (Å²) in [5.74, 6) is 0. The van der Waals surface area contributed by atoms with E-state index < -0.39 is 4.92 Å². The summed E-state index contributed by atoms with van der Waals surface area (Å²) in [6.45, 7) is 0. The van der Waals surface area contributed by atoms with E-state index in [1.54, 1.807) is 19.0 Å². The van der Waals surface area contributed by atoms with Gasteiger partial charge < -0.3 is 4.90 Å². The topological polar surface area (TPSA) is 92.1 Å². The van der Waals surface area contributed by atoms with Crippen molar-refractivity contribution in [2.45, 2.75) is 0 Å². The SMILES string of the molecule is CN(C)/C=C(/C=O)c1n[nH]cc1[N+](=O)[O-]. The van der Waals surface area contributed by atoms with Crippen molar-refractivity contribution < 1.29 is 9.72 Å². The van der Waals surface area contributed by atoms with Gasteiger partial charge in [-0.2, -0.15) is 5.10 Å². The van der Waals surface area contributed by atoms with Gasteiger partial charge in [-0.1, -0.05) is 0 Å². The van der Waals surface area contributed by atoms with Crippen molar-refractivity contribution in [3.05, 3.63) is 28.2 Å². The molecule has 1 rings (SSSR count). The first-order chi connectivity index (χ1) is 7.06. The lowest BCUT2D eigenvalue weighted by molar-refractivity contribution is -0.385. The number of carbonyl (C=O) groups excluding carboxylic acids is 1. The van der Waals surface area contributed by atoms with Gasteiger partial charge in [0.25, 0.3) is 0 Å². The van der Waals surface area contributed by atoms with Crippen molar-refractivity contribution in [3.63, 3.8) is 0 Å². The standard InChI is InChI=1S/C8H10N4O3/c1-11(2)4-6(5-13)8-7(12(14)15)3-9-10-8/h3-5H,1-2H3,(H,9,10)/b6-4-. The molecule has 0 fully saturated rings. The van der Waals surface area contributed by atoms with Crippen LogP contribution < -0.4 is 0 Å². The summed E-state index contributed by atoms with van der Waals surface area (Å²) in [6, 6.07) is 0. The van der Waals surface area contributed by atoms with Crippen LogP contribution in [0.15, 0.2) is 12.4 Å². The van der Waals surface area contributed by atoms with Gasteiger partial charge in [-0.3, -0.25) is 20.0 Å². The molecule has 0 radical (unpaired) electrons. The number of aromatic nitrogens is 2. The molecule has 0 spiro atoms. The normalized spacial score (nSPS) is 11.2. The smallest absolute Gasteiger partial charge is 0.314 e. The molecule has 0 aliphatic carbocycles. The van der Waals surface area contributed by atoms with Crippen LogP contribution in [0.25, 0.3) is 5.57 Å². The molecule has 0 saturated carbocycles. The fraction of sp³-hybridized carbons (Fsp3) is 0.250. The maximum Gasteiger partial charge on any atom is 0.314 e. The number of hydrogen-bond acceptors (Lipinski definition) is 5. The van der Waals surface area contributed by atoms with E-state index in [2.05, 4.69) is 10.2 Å².